The Labute approximate surface area is 364 Å². The van der Waals surface area contributed by atoms with Crippen molar-refractivity contribution in [2.24, 2.45) is 5.73 Å². The van der Waals surface area contributed by atoms with Crippen molar-refractivity contribution in [3.8, 4) is 23.0 Å². The molecule has 2 atom stereocenters. The largest absolute Gasteiger partial charge is 0.457 e. The lowest BCUT2D eigenvalue weighted by Crippen LogP contribution is -2.69. The van der Waals surface area contributed by atoms with E-state index < -0.39 is 64.9 Å². The van der Waals surface area contributed by atoms with Crippen LogP contribution >= 0.6 is 0 Å². The van der Waals surface area contributed by atoms with Crippen molar-refractivity contribution in [2.45, 2.75) is 75.7 Å². The maximum Gasteiger partial charge on any atom is 0.416 e. The van der Waals surface area contributed by atoms with Crippen molar-refractivity contribution in [2.75, 3.05) is 19.8 Å². The molecular weight excluding hydrogens is 847 g/mol. The number of nitrogens with zero attached hydrogens (tertiary/aromatic N) is 1. The molecule has 0 aliphatic carbocycles. The first-order valence-electron chi connectivity index (χ1n) is 20.1. The summed E-state index contributed by atoms with van der Waals surface area (Å²) in [6.45, 7) is 6.93. The molecule has 4 N–H and O–H groups in total. The Hall–Kier alpha value is -5.91. The van der Waals surface area contributed by atoms with Crippen molar-refractivity contribution in [3.05, 3.63) is 144 Å². The van der Waals surface area contributed by atoms with Crippen LogP contribution in [-0.4, -0.2) is 58.6 Å². The van der Waals surface area contributed by atoms with Crippen molar-refractivity contribution in [3.63, 3.8) is 0 Å². The number of rotatable bonds is 10. The molecule has 64 heavy (non-hydrogen) atoms. The summed E-state index contributed by atoms with van der Waals surface area (Å²) in [7, 11) is 0. The zero-order chi connectivity index (χ0) is 46.5. The van der Waals surface area contributed by atoms with Crippen molar-refractivity contribution in [1.82, 2.24) is 4.90 Å². The van der Waals surface area contributed by atoms with Gasteiger partial charge in [0.1, 0.15) is 39.7 Å². The normalized spacial score (nSPS) is 16.8. The highest BCUT2D eigenvalue weighted by molar-refractivity contribution is 5.86. The van der Waals surface area contributed by atoms with E-state index in [2.05, 4.69) is 0 Å². The number of nitrogens with two attached hydrogens (primary N) is 1. The van der Waals surface area contributed by atoms with E-state index in [0.717, 1.165) is 29.2 Å². The fraction of sp³-hybridized carbons (Fsp3) is 0.312. The van der Waals surface area contributed by atoms with E-state index in [1.807, 2.05) is 0 Å². The van der Waals surface area contributed by atoms with Gasteiger partial charge in [-0.15, -0.1) is 0 Å². The van der Waals surface area contributed by atoms with Gasteiger partial charge in [-0.25, -0.2) is 4.79 Å². The van der Waals surface area contributed by atoms with E-state index in [1.54, 1.807) is 107 Å². The molecule has 1 aliphatic rings. The molecule has 1 saturated heterocycles. The lowest BCUT2D eigenvalue weighted by molar-refractivity contribution is -0.299. The van der Waals surface area contributed by atoms with Gasteiger partial charge in [0.15, 0.2) is 12.0 Å². The fourth-order valence-electron chi connectivity index (χ4n) is 7.38. The number of carbonyl (C=O) groups is 1. The molecule has 0 bridgehead atoms. The van der Waals surface area contributed by atoms with E-state index in [9.17, 15) is 41.4 Å². The molecule has 7 rings (SSSR count). The minimum Gasteiger partial charge on any atom is -0.457 e. The van der Waals surface area contributed by atoms with E-state index in [4.69, 9.17) is 29.4 Å². The van der Waals surface area contributed by atoms with E-state index in [1.165, 1.54) is 24.3 Å². The van der Waals surface area contributed by atoms with Gasteiger partial charge < -0.3 is 39.6 Å². The second-order valence-corrected chi connectivity index (χ2v) is 17.1. The summed E-state index contributed by atoms with van der Waals surface area (Å²) < 4.78 is 110. The third-order valence-corrected chi connectivity index (χ3v) is 10.8. The number of benzene rings is 6. The van der Waals surface area contributed by atoms with E-state index >= 15 is 0 Å². The van der Waals surface area contributed by atoms with Gasteiger partial charge in [-0.2, -0.15) is 26.3 Å². The van der Waals surface area contributed by atoms with E-state index in [-0.39, 0.29) is 41.8 Å². The Morgan fingerprint density at radius 3 is 1.61 bits per heavy atom. The van der Waals surface area contributed by atoms with Gasteiger partial charge in [-0.05, 0) is 140 Å². The number of aliphatic hydroxyl groups is 2. The van der Waals surface area contributed by atoms with E-state index in [0.29, 0.717) is 27.1 Å². The minimum atomic E-state index is -4.56. The Morgan fingerprint density at radius 1 is 0.672 bits per heavy atom. The number of ether oxygens (including phenoxy) is 5. The quantitative estimate of drug-likeness (QED) is 0.0908. The molecule has 6 aromatic carbocycles. The first-order chi connectivity index (χ1) is 29.9. The lowest BCUT2D eigenvalue weighted by Gasteiger charge is -2.53. The molecular formula is C48H46F6N2O8. The Kier molecular flexibility index (Phi) is 12.2. The molecule has 0 aromatic heterocycles. The maximum absolute atomic E-state index is 14.6. The number of carbonyl (C=O) groups excluding carboxylic acids is 1. The average molecular weight is 893 g/mol. The van der Waals surface area contributed by atoms with Crippen LogP contribution in [0, 0.1) is 0 Å². The maximum atomic E-state index is 14.6. The van der Waals surface area contributed by atoms with Crippen molar-refractivity contribution < 1.29 is 65.0 Å². The average Bonchev–Trinajstić information content (AvgIpc) is 3.22. The Morgan fingerprint density at radius 2 is 1.12 bits per heavy atom. The summed E-state index contributed by atoms with van der Waals surface area (Å²) in [5, 5.41) is 26.1. The number of halogens is 6. The number of aliphatic hydroxyl groups excluding tert-OH is 2. The topological polar surface area (TPSA) is 133 Å². The van der Waals surface area contributed by atoms with Crippen LogP contribution in [0.25, 0.3) is 21.5 Å². The molecule has 338 valence electrons. The Balaban J connectivity index is 1.26. The molecule has 1 amide bonds. The molecule has 0 spiro atoms. The third kappa shape index (κ3) is 9.76. The summed E-state index contributed by atoms with van der Waals surface area (Å²) in [5.74, 6) is -0.658. The Bertz CT molecular complexity index is 2670. The predicted molar refractivity (Wildman–Crippen MR) is 226 cm³/mol. The lowest BCUT2D eigenvalue weighted by atomic mass is 9.82. The first kappa shape index (κ1) is 46.1. The van der Waals surface area contributed by atoms with Crippen LogP contribution in [0.3, 0.4) is 0 Å². The second-order valence-electron chi connectivity index (χ2n) is 17.1. The van der Waals surface area contributed by atoms with Crippen molar-refractivity contribution >= 4 is 27.6 Å². The van der Waals surface area contributed by atoms with Crippen LogP contribution < -0.4 is 15.2 Å². The van der Waals surface area contributed by atoms with Gasteiger partial charge in [0.25, 0.3) is 0 Å². The van der Waals surface area contributed by atoms with Crippen LogP contribution in [0.2, 0.25) is 0 Å². The summed E-state index contributed by atoms with van der Waals surface area (Å²) in [5.41, 5.74) is 1.07. The van der Waals surface area contributed by atoms with Crippen molar-refractivity contribution in [1.29, 1.82) is 0 Å². The number of amides is 1. The highest BCUT2D eigenvalue weighted by Crippen LogP contribution is 2.43. The molecule has 0 saturated carbocycles. The van der Waals surface area contributed by atoms with Crippen LogP contribution in [0.15, 0.2) is 121 Å². The second kappa shape index (κ2) is 16.9. The highest BCUT2D eigenvalue weighted by Gasteiger charge is 2.55. The molecule has 1 aliphatic heterocycles. The third-order valence-electron chi connectivity index (χ3n) is 10.8. The van der Waals surface area contributed by atoms with Gasteiger partial charge in [0.2, 0.25) is 0 Å². The SMILES string of the molecule is CC(C)(C)OC(=O)N(C(O)C(N)(CO)c1ccc2cc(Oc3cccc(C(F)(F)F)c3)ccc2c1)C1(c2ccc3cc(Oc4cccc(C(F)(F)F)c4)ccc3c2)COC(C)(C)OC1. The molecule has 10 nitrogen and oxygen atoms in total. The van der Waals surface area contributed by atoms with Crippen LogP contribution in [0.5, 0.6) is 23.0 Å². The zero-order valence-corrected chi connectivity index (χ0v) is 35.4. The molecule has 0 radical (unpaired) electrons. The minimum absolute atomic E-state index is 0.0146. The zero-order valence-electron chi connectivity index (χ0n) is 35.4. The molecule has 16 heteroatoms. The predicted octanol–water partition coefficient (Wildman–Crippen LogP) is 11.0. The number of hydrogen-bond acceptors (Lipinski definition) is 9. The summed E-state index contributed by atoms with van der Waals surface area (Å²) in [6.07, 6.45) is -12.2. The summed E-state index contributed by atoms with van der Waals surface area (Å²) in [4.78, 5) is 15.6. The number of hydrogen-bond donors (Lipinski definition) is 3. The number of alkyl halides is 6. The first-order valence-corrected chi connectivity index (χ1v) is 20.1. The van der Waals surface area contributed by atoms with Gasteiger partial charge in [0.05, 0.1) is 30.9 Å². The van der Waals surface area contributed by atoms with Crippen LogP contribution in [0.4, 0.5) is 31.1 Å². The summed E-state index contributed by atoms with van der Waals surface area (Å²) in [6, 6.07) is 28.6. The van der Waals surface area contributed by atoms with Crippen LogP contribution in [-0.2, 0) is 37.6 Å². The van der Waals surface area contributed by atoms with Crippen LogP contribution in [0.1, 0.15) is 56.9 Å². The smallest absolute Gasteiger partial charge is 0.416 e. The molecule has 1 heterocycles. The molecule has 1 fully saturated rings. The van der Waals surface area contributed by atoms with Gasteiger partial charge in [-0.1, -0.05) is 48.5 Å². The van der Waals surface area contributed by atoms with Gasteiger partial charge in [-0.3, -0.25) is 4.90 Å². The highest BCUT2D eigenvalue weighted by atomic mass is 19.4. The fourth-order valence-corrected chi connectivity index (χ4v) is 7.38. The molecule has 6 aromatic rings. The monoisotopic (exact) mass is 892 g/mol. The number of fused-ring (bicyclic) bond motifs is 2. The summed E-state index contributed by atoms with van der Waals surface area (Å²) >= 11 is 0. The standard InChI is InChI=1S/C48H46F6N2O8/c1-43(2,3)64-42(59)56(41(58)46(55,26-57)34-17-13-32-23-40(19-15-30(32)21-34)63-38-11-7-9-36(25-38)48(52,53)54)45(27-60-44(4,5)61-28-45)33-16-12-31-22-39(18-14-29(31)20-33)62-37-10-6-8-35(24-37)47(49,50)51/h6-25,41,57-58H,26-28,55H2,1-5H3. The van der Waals surface area contributed by atoms with Gasteiger partial charge in [0, 0.05) is 0 Å². The van der Waals surface area contributed by atoms with Gasteiger partial charge >= 0.3 is 18.4 Å². The molecule has 2 unspecified atom stereocenters.